The molecular formula is C18H30N4O. The fourth-order valence-electron chi connectivity index (χ4n) is 3.04. The maximum absolute atomic E-state index is 12.3. The zero-order chi connectivity index (χ0) is 16.8. The van der Waals surface area contributed by atoms with E-state index in [4.69, 9.17) is 0 Å². The van der Waals surface area contributed by atoms with E-state index in [1.54, 1.807) is 0 Å². The molecule has 0 radical (unpaired) electrons. The number of urea groups is 1. The Labute approximate surface area is 139 Å². The summed E-state index contributed by atoms with van der Waals surface area (Å²) in [5.74, 6) is 1.95. The highest BCUT2D eigenvalue weighted by Crippen LogP contribution is 2.26. The van der Waals surface area contributed by atoms with Gasteiger partial charge < -0.3 is 10.2 Å². The van der Waals surface area contributed by atoms with Crippen LogP contribution in [0.5, 0.6) is 0 Å². The van der Waals surface area contributed by atoms with Gasteiger partial charge in [0.05, 0.1) is 0 Å². The van der Waals surface area contributed by atoms with Crippen LogP contribution in [0.15, 0.2) is 12.3 Å². The molecule has 128 valence electrons. The van der Waals surface area contributed by atoms with Crippen molar-refractivity contribution in [2.24, 2.45) is 5.92 Å². The van der Waals surface area contributed by atoms with Crippen molar-refractivity contribution in [1.29, 1.82) is 0 Å². The minimum absolute atomic E-state index is 0.0820. The highest BCUT2D eigenvalue weighted by atomic mass is 16.2. The van der Waals surface area contributed by atoms with Crippen molar-refractivity contribution >= 4 is 6.03 Å². The summed E-state index contributed by atoms with van der Waals surface area (Å²) in [7, 11) is 0. The number of carbonyl (C=O) groups is 1. The molecule has 0 saturated carbocycles. The molecule has 1 aliphatic rings. The van der Waals surface area contributed by atoms with Gasteiger partial charge in [-0.05, 0) is 51.5 Å². The van der Waals surface area contributed by atoms with Crippen LogP contribution in [0.2, 0.25) is 0 Å². The minimum Gasteiger partial charge on any atom is -0.336 e. The third kappa shape index (κ3) is 5.48. The van der Waals surface area contributed by atoms with Crippen molar-refractivity contribution in [3.8, 4) is 0 Å². The Morgan fingerprint density at radius 1 is 1.30 bits per heavy atom. The lowest BCUT2D eigenvalue weighted by Gasteiger charge is -2.32. The Morgan fingerprint density at radius 2 is 2.00 bits per heavy atom. The van der Waals surface area contributed by atoms with Gasteiger partial charge in [0.25, 0.3) is 0 Å². The van der Waals surface area contributed by atoms with Crippen molar-refractivity contribution in [2.75, 3.05) is 13.1 Å². The zero-order valence-corrected chi connectivity index (χ0v) is 14.9. The maximum atomic E-state index is 12.3. The summed E-state index contributed by atoms with van der Waals surface area (Å²) in [5.41, 5.74) is 1.11. The lowest BCUT2D eigenvalue weighted by atomic mass is 9.93. The molecule has 1 aromatic rings. The number of likely N-dealkylation sites (tertiary alicyclic amines) is 1. The van der Waals surface area contributed by atoms with Gasteiger partial charge in [0.2, 0.25) is 0 Å². The number of aryl methyl sites for hydroxylation is 1. The fraction of sp³-hybridized carbons (Fsp3) is 0.722. The fourth-order valence-corrected chi connectivity index (χ4v) is 3.04. The molecule has 0 aromatic carbocycles. The number of carbonyl (C=O) groups excluding carboxylic acids is 1. The van der Waals surface area contributed by atoms with E-state index in [2.05, 4.69) is 36.1 Å². The van der Waals surface area contributed by atoms with E-state index in [9.17, 15) is 4.79 Å². The second kappa shape index (κ2) is 8.27. The van der Waals surface area contributed by atoms with Gasteiger partial charge in [-0.1, -0.05) is 13.8 Å². The van der Waals surface area contributed by atoms with Gasteiger partial charge in [-0.3, -0.25) is 0 Å². The molecule has 1 aromatic heterocycles. The summed E-state index contributed by atoms with van der Waals surface area (Å²) in [6.07, 6.45) is 5.97. The molecule has 5 nitrogen and oxygen atoms in total. The van der Waals surface area contributed by atoms with Crippen LogP contribution in [0.3, 0.4) is 0 Å². The summed E-state index contributed by atoms with van der Waals surface area (Å²) < 4.78 is 0. The van der Waals surface area contributed by atoms with Crippen molar-refractivity contribution in [2.45, 2.75) is 65.3 Å². The number of aromatic nitrogens is 2. The Balaban J connectivity index is 1.78. The second-order valence-corrected chi connectivity index (χ2v) is 7.11. The summed E-state index contributed by atoms with van der Waals surface area (Å²) in [5, 5.41) is 3.13. The van der Waals surface area contributed by atoms with Gasteiger partial charge in [-0.15, -0.1) is 0 Å². The van der Waals surface area contributed by atoms with Crippen molar-refractivity contribution in [3.05, 3.63) is 23.8 Å². The zero-order valence-electron chi connectivity index (χ0n) is 14.9. The van der Waals surface area contributed by atoms with Gasteiger partial charge in [-0.2, -0.15) is 0 Å². The first-order valence-corrected chi connectivity index (χ1v) is 8.80. The number of rotatable bonds is 5. The van der Waals surface area contributed by atoms with Crippen LogP contribution in [0.1, 0.15) is 63.9 Å². The molecule has 2 rings (SSSR count). The van der Waals surface area contributed by atoms with Crippen molar-refractivity contribution < 1.29 is 4.79 Å². The molecule has 23 heavy (non-hydrogen) atoms. The lowest BCUT2D eigenvalue weighted by Crippen LogP contribution is -2.47. The number of nitrogens with one attached hydrogen (secondary N) is 1. The van der Waals surface area contributed by atoms with E-state index in [1.807, 2.05) is 24.1 Å². The molecule has 2 heterocycles. The molecule has 1 fully saturated rings. The van der Waals surface area contributed by atoms with Crippen LogP contribution < -0.4 is 5.32 Å². The van der Waals surface area contributed by atoms with Crippen LogP contribution in [-0.4, -0.2) is 40.0 Å². The molecule has 1 atom stereocenters. The standard InChI is InChI=1S/C18H30N4O/c1-13(2)5-6-14(3)20-18(23)22-11-8-16(9-12-22)17-7-10-19-15(4)21-17/h7,10,13-14,16H,5-6,8-9,11-12H2,1-4H3,(H,20,23)/t14-/m0/s1. The molecule has 1 aliphatic heterocycles. The lowest BCUT2D eigenvalue weighted by molar-refractivity contribution is 0.177. The molecule has 0 aliphatic carbocycles. The molecule has 1 N–H and O–H groups in total. The molecule has 5 heteroatoms. The number of hydrogen-bond donors (Lipinski definition) is 1. The SMILES string of the molecule is Cc1nccc(C2CCN(C(=O)N[C@@H](C)CCC(C)C)CC2)n1. The first-order chi connectivity index (χ1) is 11.0. The first kappa shape index (κ1) is 17.7. The molecule has 1 saturated heterocycles. The maximum Gasteiger partial charge on any atom is 0.317 e. The largest absolute Gasteiger partial charge is 0.336 e. The molecule has 0 unspecified atom stereocenters. The van der Waals surface area contributed by atoms with E-state index >= 15 is 0 Å². The van der Waals surface area contributed by atoms with Crippen LogP contribution in [0.25, 0.3) is 0 Å². The number of piperidine rings is 1. The van der Waals surface area contributed by atoms with Crippen LogP contribution >= 0.6 is 0 Å². The number of nitrogens with zero attached hydrogens (tertiary/aromatic N) is 3. The second-order valence-electron chi connectivity index (χ2n) is 7.11. The number of amides is 2. The Kier molecular flexibility index (Phi) is 6.37. The van der Waals surface area contributed by atoms with Crippen LogP contribution in [-0.2, 0) is 0 Å². The topological polar surface area (TPSA) is 58.1 Å². The minimum atomic E-state index is 0.0820. The van der Waals surface area contributed by atoms with Gasteiger partial charge >= 0.3 is 6.03 Å². The van der Waals surface area contributed by atoms with Gasteiger partial charge in [0.15, 0.2) is 0 Å². The van der Waals surface area contributed by atoms with Crippen molar-refractivity contribution in [3.63, 3.8) is 0 Å². The summed E-state index contributed by atoms with van der Waals surface area (Å²) >= 11 is 0. The van der Waals surface area contributed by atoms with Crippen LogP contribution in [0, 0.1) is 12.8 Å². The highest BCUT2D eigenvalue weighted by Gasteiger charge is 2.25. The third-order valence-electron chi connectivity index (χ3n) is 4.54. The smallest absolute Gasteiger partial charge is 0.317 e. The monoisotopic (exact) mass is 318 g/mol. The third-order valence-corrected chi connectivity index (χ3v) is 4.54. The number of hydrogen-bond acceptors (Lipinski definition) is 3. The summed E-state index contributed by atoms with van der Waals surface area (Å²) in [4.78, 5) is 23.0. The first-order valence-electron chi connectivity index (χ1n) is 8.80. The summed E-state index contributed by atoms with van der Waals surface area (Å²) in [6.45, 7) is 10.1. The Bertz CT molecular complexity index is 509. The quantitative estimate of drug-likeness (QED) is 0.904. The predicted molar refractivity (Wildman–Crippen MR) is 92.4 cm³/mol. The van der Waals surface area contributed by atoms with E-state index < -0.39 is 0 Å². The van der Waals surface area contributed by atoms with Crippen molar-refractivity contribution in [1.82, 2.24) is 20.2 Å². The molecule has 2 amide bonds. The van der Waals surface area contributed by atoms with Gasteiger partial charge in [0.1, 0.15) is 5.82 Å². The van der Waals surface area contributed by atoms with E-state index in [1.165, 1.54) is 0 Å². The van der Waals surface area contributed by atoms with E-state index in [0.29, 0.717) is 11.8 Å². The Hall–Kier alpha value is -1.65. The molecular weight excluding hydrogens is 288 g/mol. The Morgan fingerprint density at radius 3 is 2.61 bits per heavy atom. The molecule has 0 bridgehead atoms. The van der Waals surface area contributed by atoms with E-state index in [0.717, 1.165) is 50.3 Å². The molecule has 0 spiro atoms. The van der Waals surface area contributed by atoms with Gasteiger partial charge in [-0.25, -0.2) is 14.8 Å². The predicted octanol–water partition coefficient (Wildman–Crippen LogP) is 3.50. The van der Waals surface area contributed by atoms with E-state index in [-0.39, 0.29) is 12.1 Å². The highest BCUT2D eigenvalue weighted by molar-refractivity contribution is 5.74. The van der Waals surface area contributed by atoms with Gasteiger partial charge in [0, 0.05) is 36.9 Å². The van der Waals surface area contributed by atoms with Crippen LogP contribution in [0.4, 0.5) is 4.79 Å². The average Bonchev–Trinajstić information content (AvgIpc) is 2.53. The summed E-state index contributed by atoms with van der Waals surface area (Å²) in [6, 6.07) is 2.33. The normalized spacial score (nSPS) is 17.3. The average molecular weight is 318 g/mol.